The molecule has 3 aromatic rings. The van der Waals surface area contributed by atoms with E-state index in [2.05, 4.69) is 48.4 Å². The number of carbonyl (C=O) groups is 1. The van der Waals surface area contributed by atoms with Crippen LogP contribution >= 0.6 is 0 Å². The number of allylic oxidation sites excluding steroid dienone is 1. The van der Waals surface area contributed by atoms with E-state index >= 15 is 0 Å². The van der Waals surface area contributed by atoms with Crippen LogP contribution in [0.4, 0.5) is 10.5 Å². The molecule has 3 rings (SSSR count). The van der Waals surface area contributed by atoms with E-state index < -0.39 is 0 Å². The normalized spacial score (nSPS) is 10.9. The number of hydrogen-bond donors (Lipinski definition) is 2. The highest BCUT2D eigenvalue weighted by molar-refractivity contribution is 5.89. The number of hydrogen-bond acceptors (Lipinski definition) is 1. The molecule has 3 heteroatoms. The Balaban J connectivity index is 1.83. The van der Waals surface area contributed by atoms with Crippen LogP contribution in [0.25, 0.3) is 0 Å². The van der Waals surface area contributed by atoms with Gasteiger partial charge in [-0.2, -0.15) is 0 Å². The van der Waals surface area contributed by atoms with Crippen LogP contribution in [0.1, 0.15) is 30.0 Å². The van der Waals surface area contributed by atoms with Gasteiger partial charge in [-0.3, -0.25) is 0 Å². The second kappa shape index (κ2) is 9.74. The molecule has 0 aliphatic rings. The van der Waals surface area contributed by atoms with Crippen molar-refractivity contribution in [3.8, 4) is 0 Å². The van der Waals surface area contributed by atoms with Crippen molar-refractivity contribution in [2.45, 2.75) is 25.2 Å². The Morgan fingerprint density at radius 2 is 1.45 bits per heavy atom. The lowest BCUT2D eigenvalue weighted by Gasteiger charge is -2.34. The third kappa shape index (κ3) is 4.94. The van der Waals surface area contributed by atoms with Crippen LogP contribution in [0.3, 0.4) is 0 Å². The zero-order valence-electron chi connectivity index (χ0n) is 16.9. The van der Waals surface area contributed by atoms with Crippen molar-refractivity contribution in [3.63, 3.8) is 0 Å². The number of rotatable bonds is 8. The molecule has 0 fully saturated rings. The average Bonchev–Trinajstić information content (AvgIpc) is 2.78. The van der Waals surface area contributed by atoms with Crippen LogP contribution in [0.2, 0.25) is 0 Å². The summed E-state index contributed by atoms with van der Waals surface area (Å²) in [7, 11) is 0. The smallest absolute Gasteiger partial charge is 0.319 e. The average molecular weight is 385 g/mol. The first-order chi connectivity index (χ1) is 14.2. The summed E-state index contributed by atoms with van der Waals surface area (Å²) in [6.45, 7) is 6.56. The standard InChI is InChI=1S/C26H28N2O/c1-3-19-26(22-11-7-5-8-12-22,23-13-9-6-10-14-23)20-27-25(29)28-24-17-15-21(4-2)16-18-24/h3,5-18H,1,4,19-20H2,2H3,(H2,27,28,29). The van der Waals surface area contributed by atoms with Crippen molar-refractivity contribution >= 4 is 11.7 Å². The van der Waals surface area contributed by atoms with Crippen molar-refractivity contribution in [2.24, 2.45) is 0 Å². The van der Waals surface area contributed by atoms with Gasteiger partial charge in [0.2, 0.25) is 0 Å². The van der Waals surface area contributed by atoms with E-state index in [9.17, 15) is 4.79 Å². The Morgan fingerprint density at radius 3 is 1.93 bits per heavy atom. The highest BCUT2D eigenvalue weighted by Crippen LogP contribution is 2.35. The molecular formula is C26H28N2O. The summed E-state index contributed by atoms with van der Waals surface area (Å²) in [5.74, 6) is 0. The summed E-state index contributed by atoms with van der Waals surface area (Å²) >= 11 is 0. The molecule has 3 nitrogen and oxygen atoms in total. The number of carbonyl (C=O) groups excluding carboxylic acids is 1. The second-order valence-corrected chi connectivity index (χ2v) is 7.17. The Hall–Kier alpha value is -3.33. The van der Waals surface area contributed by atoms with Gasteiger partial charge in [0.05, 0.1) is 0 Å². The van der Waals surface area contributed by atoms with Crippen molar-refractivity contribution in [2.75, 3.05) is 11.9 Å². The minimum absolute atomic E-state index is 0.213. The van der Waals surface area contributed by atoms with Crippen molar-refractivity contribution in [3.05, 3.63) is 114 Å². The predicted octanol–water partition coefficient (Wildman–Crippen LogP) is 5.93. The van der Waals surface area contributed by atoms with Crippen molar-refractivity contribution in [1.82, 2.24) is 5.32 Å². The maximum Gasteiger partial charge on any atom is 0.319 e. The van der Waals surface area contributed by atoms with E-state index in [0.717, 1.165) is 23.2 Å². The molecular weight excluding hydrogens is 356 g/mol. The molecule has 0 aliphatic heterocycles. The summed E-state index contributed by atoms with van der Waals surface area (Å²) < 4.78 is 0. The molecule has 0 aliphatic carbocycles. The number of aryl methyl sites for hydroxylation is 1. The van der Waals surface area contributed by atoms with Gasteiger partial charge in [0.15, 0.2) is 0 Å². The number of amides is 2. The minimum Gasteiger partial charge on any atom is -0.337 e. The van der Waals surface area contributed by atoms with E-state index in [1.165, 1.54) is 5.56 Å². The summed E-state index contributed by atoms with van der Waals surface area (Å²) in [5.41, 5.74) is 3.95. The molecule has 2 amide bonds. The highest BCUT2D eigenvalue weighted by Gasteiger charge is 2.33. The largest absolute Gasteiger partial charge is 0.337 e. The Morgan fingerprint density at radius 1 is 0.897 bits per heavy atom. The maximum absolute atomic E-state index is 12.6. The molecule has 148 valence electrons. The molecule has 0 radical (unpaired) electrons. The summed E-state index contributed by atoms with van der Waals surface area (Å²) in [6.07, 6.45) is 3.61. The first kappa shape index (κ1) is 20.4. The maximum atomic E-state index is 12.6. The fourth-order valence-electron chi connectivity index (χ4n) is 3.67. The van der Waals surface area contributed by atoms with Gasteiger partial charge in [-0.1, -0.05) is 85.8 Å². The lowest BCUT2D eigenvalue weighted by Crippen LogP contribution is -2.43. The fourth-order valence-corrected chi connectivity index (χ4v) is 3.67. The molecule has 0 atom stereocenters. The van der Waals surface area contributed by atoms with Crippen LogP contribution in [-0.2, 0) is 11.8 Å². The van der Waals surface area contributed by atoms with Gasteiger partial charge in [0, 0.05) is 17.6 Å². The lowest BCUT2D eigenvalue weighted by atomic mass is 9.72. The Labute approximate surface area is 173 Å². The van der Waals surface area contributed by atoms with Gasteiger partial charge in [0.1, 0.15) is 0 Å². The zero-order chi connectivity index (χ0) is 20.5. The van der Waals surface area contributed by atoms with Crippen LogP contribution < -0.4 is 10.6 Å². The topological polar surface area (TPSA) is 41.1 Å². The van der Waals surface area contributed by atoms with Gasteiger partial charge in [-0.25, -0.2) is 4.79 Å². The third-order valence-electron chi connectivity index (χ3n) is 5.32. The molecule has 0 bridgehead atoms. The van der Waals surface area contributed by atoms with Gasteiger partial charge in [-0.15, -0.1) is 6.58 Å². The molecule has 0 aromatic heterocycles. The molecule has 3 aromatic carbocycles. The van der Waals surface area contributed by atoms with Crippen LogP contribution in [0, 0.1) is 0 Å². The quantitative estimate of drug-likeness (QED) is 0.464. The van der Waals surface area contributed by atoms with Gasteiger partial charge < -0.3 is 10.6 Å². The molecule has 0 spiro atoms. The van der Waals surface area contributed by atoms with E-state index in [1.807, 2.05) is 66.7 Å². The van der Waals surface area contributed by atoms with Gasteiger partial charge in [0.25, 0.3) is 0 Å². The van der Waals surface area contributed by atoms with Crippen molar-refractivity contribution in [1.29, 1.82) is 0 Å². The number of benzene rings is 3. The fraction of sp³-hybridized carbons (Fsp3) is 0.192. The van der Waals surface area contributed by atoms with E-state index in [1.54, 1.807) is 0 Å². The number of urea groups is 1. The summed E-state index contributed by atoms with van der Waals surface area (Å²) in [5, 5.41) is 6.02. The SMILES string of the molecule is C=CCC(CNC(=O)Nc1ccc(CC)cc1)(c1ccccc1)c1ccccc1. The van der Waals surface area contributed by atoms with Crippen LogP contribution in [0.5, 0.6) is 0 Å². The van der Waals surface area contributed by atoms with Crippen LogP contribution in [-0.4, -0.2) is 12.6 Å². The van der Waals surface area contributed by atoms with Crippen LogP contribution in [0.15, 0.2) is 97.6 Å². The molecule has 0 saturated heterocycles. The Kier molecular flexibility index (Phi) is 6.85. The molecule has 2 N–H and O–H groups in total. The predicted molar refractivity (Wildman–Crippen MR) is 121 cm³/mol. The van der Waals surface area contributed by atoms with Gasteiger partial charge >= 0.3 is 6.03 Å². The summed E-state index contributed by atoms with van der Waals surface area (Å²) in [4.78, 5) is 12.6. The lowest BCUT2D eigenvalue weighted by molar-refractivity contribution is 0.250. The molecule has 0 saturated carbocycles. The monoisotopic (exact) mass is 384 g/mol. The van der Waals surface area contributed by atoms with Crippen molar-refractivity contribution < 1.29 is 4.79 Å². The second-order valence-electron chi connectivity index (χ2n) is 7.17. The number of nitrogens with one attached hydrogen (secondary N) is 2. The third-order valence-corrected chi connectivity index (χ3v) is 5.32. The first-order valence-electron chi connectivity index (χ1n) is 10.0. The number of anilines is 1. The summed E-state index contributed by atoms with van der Waals surface area (Å²) in [6, 6.07) is 28.3. The minimum atomic E-state index is -0.381. The molecule has 0 heterocycles. The Bertz CT molecular complexity index is 878. The van der Waals surface area contributed by atoms with Gasteiger partial charge in [-0.05, 0) is 41.7 Å². The van der Waals surface area contributed by atoms with E-state index in [-0.39, 0.29) is 11.4 Å². The zero-order valence-corrected chi connectivity index (χ0v) is 16.9. The van der Waals surface area contributed by atoms with E-state index in [4.69, 9.17) is 0 Å². The molecule has 29 heavy (non-hydrogen) atoms. The first-order valence-corrected chi connectivity index (χ1v) is 10.0. The van der Waals surface area contributed by atoms with E-state index in [0.29, 0.717) is 13.0 Å². The molecule has 0 unspecified atom stereocenters. The highest BCUT2D eigenvalue weighted by atomic mass is 16.2.